The summed E-state index contributed by atoms with van der Waals surface area (Å²) < 4.78 is 19.7. The monoisotopic (exact) mass is 343 g/mol. The Balaban J connectivity index is 1.64. The first-order valence-corrected chi connectivity index (χ1v) is 8.35. The molecule has 0 radical (unpaired) electrons. The number of likely N-dealkylation sites (N-methyl/N-ethyl adjacent to an activating group) is 2. The molecule has 0 bridgehead atoms. The molecule has 6 heteroatoms. The third-order valence-corrected chi connectivity index (χ3v) is 4.24. The molecule has 0 fully saturated rings. The van der Waals surface area contributed by atoms with Crippen LogP contribution >= 0.6 is 0 Å². The molecular formula is C19H22FN3O2. The van der Waals surface area contributed by atoms with Gasteiger partial charge in [-0.2, -0.15) is 0 Å². The lowest BCUT2D eigenvalue weighted by atomic mass is 10.2. The summed E-state index contributed by atoms with van der Waals surface area (Å²) in [6.07, 6.45) is -0.147. The van der Waals surface area contributed by atoms with Crippen LogP contribution in [0.2, 0.25) is 0 Å². The number of halogens is 1. The molecule has 1 N–H and O–H groups in total. The zero-order chi connectivity index (χ0) is 17.8. The molecule has 132 valence electrons. The highest BCUT2D eigenvalue weighted by Gasteiger charge is 2.26. The standard InChI is InChI=1S/C19H22FN3O2/c1-3-23-13-14(25-18-11-7-6-10-17(18)23)12-22(2)19(24)21-16-9-5-4-8-15(16)20/h4-11,14H,3,12-13H2,1-2H3,(H,21,24)/t14-/m0/s1. The second-order valence-corrected chi connectivity index (χ2v) is 6.04. The molecule has 1 aliphatic rings. The fourth-order valence-corrected chi connectivity index (χ4v) is 2.94. The Morgan fingerprint density at radius 1 is 1.28 bits per heavy atom. The maximum atomic E-state index is 13.7. The number of carbonyl (C=O) groups is 1. The molecule has 0 spiro atoms. The van der Waals surface area contributed by atoms with E-state index in [1.54, 1.807) is 19.2 Å². The van der Waals surface area contributed by atoms with Crippen molar-refractivity contribution in [3.8, 4) is 5.75 Å². The van der Waals surface area contributed by atoms with Crippen molar-refractivity contribution < 1.29 is 13.9 Å². The molecule has 2 aromatic rings. The van der Waals surface area contributed by atoms with Crippen LogP contribution in [0.3, 0.4) is 0 Å². The van der Waals surface area contributed by atoms with E-state index < -0.39 is 5.82 Å². The molecule has 2 amide bonds. The quantitative estimate of drug-likeness (QED) is 0.923. The topological polar surface area (TPSA) is 44.8 Å². The summed E-state index contributed by atoms with van der Waals surface area (Å²) >= 11 is 0. The van der Waals surface area contributed by atoms with E-state index in [0.717, 1.165) is 18.0 Å². The van der Waals surface area contributed by atoms with Gasteiger partial charge in [-0.25, -0.2) is 9.18 Å². The lowest BCUT2D eigenvalue weighted by Crippen LogP contribution is -2.47. The van der Waals surface area contributed by atoms with Gasteiger partial charge < -0.3 is 19.9 Å². The summed E-state index contributed by atoms with van der Waals surface area (Å²) in [5.74, 6) is 0.368. The van der Waals surface area contributed by atoms with Crippen molar-refractivity contribution in [2.24, 2.45) is 0 Å². The second-order valence-electron chi connectivity index (χ2n) is 6.04. The predicted octanol–water partition coefficient (Wildman–Crippen LogP) is 3.58. The lowest BCUT2D eigenvalue weighted by Gasteiger charge is -2.37. The molecule has 5 nitrogen and oxygen atoms in total. The van der Waals surface area contributed by atoms with Gasteiger partial charge in [-0.05, 0) is 31.2 Å². The van der Waals surface area contributed by atoms with Crippen LogP contribution in [0.25, 0.3) is 0 Å². The molecule has 1 aliphatic heterocycles. The van der Waals surface area contributed by atoms with Crippen LogP contribution in [0.4, 0.5) is 20.6 Å². The van der Waals surface area contributed by atoms with Gasteiger partial charge in [-0.1, -0.05) is 24.3 Å². The number of benzene rings is 2. The zero-order valence-corrected chi connectivity index (χ0v) is 14.4. The summed E-state index contributed by atoms with van der Waals surface area (Å²) in [7, 11) is 1.68. The van der Waals surface area contributed by atoms with E-state index in [0.29, 0.717) is 13.1 Å². The highest BCUT2D eigenvalue weighted by atomic mass is 19.1. The van der Waals surface area contributed by atoms with Crippen LogP contribution in [0.5, 0.6) is 5.75 Å². The summed E-state index contributed by atoms with van der Waals surface area (Å²) in [5, 5.41) is 2.59. The van der Waals surface area contributed by atoms with Gasteiger partial charge >= 0.3 is 6.03 Å². The van der Waals surface area contributed by atoms with E-state index in [1.807, 2.05) is 24.3 Å². The maximum absolute atomic E-state index is 13.7. The second kappa shape index (κ2) is 7.42. The normalized spacial score (nSPS) is 16.0. The minimum atomic E-state index is -0.454. The molecule has 25 heavy (non-hydrogen) atoms. The number of rotatable bonds is 4. The van der Waals surface area contributed by atoms with Crippen molar-refractivity contribution in [2.45, 2.75) is 13.0 Å². The highest BCUT2D eigenvalue weighted by Crippen LogP contribution is 2.32. The Hall–Kier alpha value is -2.76. The predicted molar refractivity (Wildman–Crippen MR) is 96.8 cm³/mol. The smallest absolute Gasteiger partial charge is 0.321 e. The maximum Gasteiger partial charge on any atom is 0.321 e. The molecular weight excluding hydrogens is 321 g/mol. The number of carbonyl (C=O) groups excluding carboxylic acids is 1. The van der Waals surface area contributed by atoms with Gasteiger partial charge in [0.15, 0.2) is 0 Å². The Morgan fingerprint density at radius 3 is 2.76 bits per heavy atom. The van der Waals surface area contributed by atoms with Crippen molar-refractivity contribution in [3.05, 3.63) is 54.3 Å². The molecule has 0 aromatic heterocycles. The Kier molecular flexibility index (Phi) is 5.07. The van der Waals surface area contributed by atoms with E-state index in [1.165, 1.54) is 17.0 Å². The Morgan fingerprint density at radius 2 is 2.00 bits per heavy atom. The van der Waals surface area contributed by atoms with E-state index in [9.17, 15) is 9.18 Å². The minimum Gasteiger partial charge on any atom is -0.485 e. The van der Waals surface area contributed by atoms with Gasteiger partial charge in [0.2, 0.25) is 0 Å². The Labute approximate surface area is 147 Å². The lowest BCUT2D eigenvalue weighted by molar-refractivity contribution is 0.150. The van der Waals surface area contributed by atoms with Crippen molar-refractivity contribution >= 4 is 17.4 Å². The van der Waals surface area contributed by atoms with Crippen molar-refractivity contribution in [1.29, 1.82) is 0 Å². The van der Waals surface area contributed by atoms with Gasteiger partial charge in [-0.15, -0.1) is 0 Å². The van der Waals surface area contributed by atoms with Gasteiger partial charge in [0.1, 0.15) is 17.7 Å². The first-order chi connectivity index (χ1) is 12.1. The minimum absolute atomic E-state index is 0.147. The fraction of sp³-hybridized carbons (Fsp3) is 0.316. The summed E-state index contributed by atoms with van der Waals surface area (Å²) in [6.45, 7) is 4.06. The number of fused-ring (bicyclic) bond motifs is 1. The summed E-state index contributed by atoms with van der Waals surface area (Å²) in [5.41, 5.74) is 1.24. The van der Waals surface area contributed by atoms with Gasteiger partial charge in [0.25, 0.3) is 0 Å². The van der Waals surface area contributed by atoms with Crippen LogP contribution in [0, 0.1) is 5.82 Å². The first kappa shape index (κ1) is 17.1. The average Bonchev–Trinajstić information content (AvgIpc) is 2.62. The van der Waals surface area contributed by atoms with E-state index in [-0.39, 0.29) is 17.8 Å². The largest absolute Gasteiger partial charge is 0.485 e. The number of nitrogens with zero attached hydrogens (tertiary/aromatic N) is 2. The summed E-state index contributed by atoms with van der Waals surface area (Å²) in [4.78, 5) is 16.1. The summed E-state index contributed by atoms with van der Waals surface area (Å²) in [6, 6.07) is 13.6. The van der Waals surface area contributed by atoms with E-state index in [2.05, 4.69) is 17.1 Å². The molecule has 0 saturated carbocycles. The van der Waals surface area contributed by atoms with E-state index in [4.69, 9.17) is 4.74 Å². The number of hydrogen-bond donors (Lipinski definition) is 1. The van der Waals surface area contributed by atoms with Crippen LogP contribution in [-0.2, 0) is 0 Å². The van der Waals surface area contributed by atoms with Crippen molar-refractivity contribution in [2.75, 3.05) is 36.9 Å². The number of anilines is 2. The molecule has 2 aromatic carbocycles. The SMILES string of the molecule is CCN1C[C@H](CN(C)C(=O)Nc2ccccc2F)Oc2ccccc21. The number of amides is 2. The molecule has 0 unspecified atom stereocenters. The van der Waals surface area contributed by atoms with Crippen molar-refractivity contribution in [1.82, 2.24) is 4.90 Å². The number of ether oxygens (including phenoxy) is 1. The fourth-order valence-electron chi connectivity index (χ4n) is 2.94. The molecule has 1 atom stereocenters. The highest BCUT2D eigenvalue weighted by molar-refractivity contribution is 5.89. The first-order valence-electron chi connectivity index (χ1n) is 8.35. The molecule has 3 rings (SSSR count). The van der Waals surface area contributed by atoms with Crippen LogP contribution in [0.15, 0.2) is 48.5 Å². The molecule has 0 aliphatic carbocycles. The third kappa shape index (κ3) is 3.84. The van der Waals surface area contributed by atoms with Gasteiger partial charge in [0, 0.05) is 13.6 Å². The average molecular weight is 343 g/mol. The number of para-hydroxylation sites is 3. The van der Waals surface area contributed by atoms with Gasteiger partial charge in [-0.3, -0.25) is 0 Å². The number of urea groups is 1. The third-order valence-electron chi connectivity index (χ3n) is 4.24. The number of nitrogens with one attached hydrogen (secondary N) is 1. The molecule has 0 saturated heterocycles. The number of hydrogen-bond acceptors (Lipinski definition) is 3. The van der Waals surface area contributed by atoms with Crippen LogP contribution in [0.1, 0.15) is 6.92 Å². The van der Waals surface area contributed by atoms with Crippen LogP contribution in [-0.4, -0.2) is 43.7 Å². The van der Waals surface area contributed by atoms with E-state index >= 15 is 0 Å². The Bertz CT molecular complexity index is 753. The zero-order valence-electron chi connectivity index (χ0n) is 14.4. The van der Waals surface area contributed by atoms with Gasteiger partial charge in [0.05, 0.1) is 24.5 Å². The van der Waals surface area contributed by atoms with Crippen molar-refractivity contribution in [3.63, 3.8) is 0 Å². The molecule has 1 heterocycles. The van der Waals surface area contributed by atoms with Crippen LogP contribution < -0.4 is 15.0 Å².